The van der Waals surface area contributed by atoms with Gasteiger partial charge in [-0.05, 0) is 185 Å². The highest BCUT2D eigenvalue weighted by Gasteiger charge is 2.09. The van der Waals surface area contributed by atoms with E-state index in [1.54, 1.807) is 0 Å². The second-order valence-electron chi connectivity index (χ2n) is 20.8. The van der Waals surface area contributed by atoms with Crippen molar-refractivity contribution >= 4 is 45.8 Å². The first-order valence-corrected chi connectivity index (χ1v) is 29.7. The van der Waals surface area contributed by atoms with Gasteiger partial charge in [0.05, 0.1) is 6.61 Å². The molecule has 0 fully saturated rings. The van der Waals surface area contributed by atoms with Crippen molar-refractivity contribution in [2.45, 2.75) is 129 Å². The minimum absolute atomic E-state index is 0.234. The standard InChI is InChI=1S/C38H36O2.C38H48O2/c1-2-3-29-40-30-27-34-19-17-33(18-20-34)22-24-36-26-25-35(37-11-7-8-12-38(36)37)23-21-32-15-13-31(14-16-32)10-6-4-5-9-28-39;1-2-3-4-11-30-40-36-27-21-33(22-28-36)20-24-35-26-25-34(37-13-8-9-14-38(35)37)23-19-32-17-15-31(16-18-32)12-7-5-6-10-29-39/h7-8,11-26,39H,2-5,9,28-29H2,1H3;8-9,13-18,21-22,25-28,39H,2-7,10-12,19-20,23-24,29-30H2,1H3/b23-21+,24-22+;. The van der Waals surface area contributed by atoms with Crippen LogP contribution in [0.15, 0.2) is 170 Å². The predicted molar refractivity (Wildman–Crippen MR) is 341 cm³/mol. The Balaban J connectivity index is 0.000000231. The maximum atomic E-state index is 8.93. The van der Waals surface area contributed by atoms with E-state index < -0.39 is 0 Å². The van der Waals surface area contributed by atoms with E-state index in [1.807, 2.05) is 12.1 Å². The topological polar surface area (TPSA) is 58.9 Å². The fraction of sp³-hybridized carbons (Fsp3) is 0.316. The Labute approximate surface area is 479 Å². The molecule has 0 unspecified atom stereocenters. The van der Waals surface area contributed by atoms with Gasteiger partial charge in [0.1, 0.15) is 18.5 Å². The van der Waals surface area contributed by atoms with Gasteiger partial charge in [0, 0.05) is 30.8 Å². The number of hydrogen-bond acceptors (Lipinski definition) is 4. The average molecular weight is 1060 g/mol. The SMILES string of the molecule is CCCCCCOc1ccc(CCc2ccc(CCc3ccc(CCCCCCO)cc3)c3ccccc23)cc1.CCCCOC#Cc1ccc(/C=C/c2ccc(/C=C/c3ccc(C#CCCCCO)cc3)c3ccccc23)cc1. The molecule has 4 nitrogen and oxygen atoms in total. The van der Waals surface area contributed by atoms with Crippen LogP contribution < -0.4 is 4.74 Å². The van der Waals surface area contributed by atoms with E-state index in [0.29, 0.717) is 13.2 Å². The van der Waals surface area contributed by atoms with E-state index in [4.69, 9.17) is 19.7 Å². The summed E-state index contributed by atoms with van der Waals surface area (Å²) in [5.74, 6) is 10.4. The van der Waals surface area contributed by atoms with Gasteiger partial charge < -0.3 is 19.7 Å². The third-order valence-corrected chi connectivity index (χ3v) is 14.6. The van der Waals surface area contributed by atoms with Crippen molar-refractivity contribution in [3.05, 3.63) is 231 Å². The van der Waals surface area contributed by atoms with Gasteiger partial charge in [0.2, 0.25) is 0 Å². The number of aryl methyl sites for hydroxylation is 5. The number of aliphatic hydroxyl groups is 2. The largest absolute Gasteiger partial charge is 0.494 e. The highest BCUT2D eigenvalue weighted by molar-refractivity contribution is 5.99. The molecule has 8 aromatic rings. The van der Waals surface area contributed by atoms with E-state index in [9.17, 15) is 0 Å². The maximum Gasteiger partial charge on any atom is 0.119 e. The lowest BCUT2D eigenvalue weighted by Gasteiger charge is -2.12. The van der Waals surface area contributed by atoms with Gasteiger partial charge in [-0.3, -0.25) is 0 Å². The Morgan fingerprint density at radius 1 is 0.388 bits per heavy atom. The minimum atomic E-state index is 0.234. The molecular weight excluding hydrogens is 977 g/mol. The Bertz CT molecular complexity index is 3030. The normalized spacial score (nSPS) is 11.1. The third-order valence-electron chi connectivity index (χ3n) is 14.6. The molecule has 0 saturated carbocycles. The van der Waals surface area contributed by atoms with Crippen molar-refractivity contribution in [1.82, 2.24) is 0 Å². The molecule has 0 atom stereocenters. The van der Waals surface area contributed by atoms with Crippen molar-refractivity contribution in [2.75, 3.05) is 26.4 Å². The molecule has 2 N–H and O–H groups in total. The Hall–Kier alpha value is -7.60. The summed E-state index contributed by atoms with van der Waals surface area (Å²) in [6.07, 6.45) is 30.9. The summed E-state index contributed by atoms with van der Waals surface area (Å²) < 4.78 is 11.3. The highest BCUT2D eigenvalue weighted by atomic mass is 16.5. The number of rotatable bonds is 28. The average Bonchev–Trinajstić information content (AvgIpc) is 3.53. The van der Waals surface area contributed by atoms with Crippen LogP contribution in [0.3, 0.4) is 0 Å². The van der Waals surface area contributed by atoms with Crippen molar-refractivity contribution in [3.8, 4) is 29.6 Å². The lowest BCUT2D eigenvalue weighted by molar-refractivity contribution is 0.271. The van der Waals surface area contributed by atoms with Crippen LogP contribution in [0.25, 0.3) is 45.8 Å². The van der Waals surface area contributed by atoms with E-state index in [2.05, 4.69) is 220 Å². The van der Waals surface area contributed by atoms with E-state index in [0.717, 1.165) is 118 Å². The monoisotopic (exact) mass is 1060 g/mol. The van der Waals surface area contributed by atoms with Gasteiger partial charge in [-0.25, -0.2) is 0 Å². The lowest BCUT2D eigenvalue weighted by Crippen LogP contribution is -1.99. The second kappa shape index (κ2) is 35.1. The number of aliphatic hydroxyl groups excluding tert-OH is 2. The molecule has 0 aliphatic heterocycles. The highest BCUT2D eigenvalue weighted by Crippen LogP contribution is 2.28. The first-order chi connectivity index (χ1) is 39.5. The third kappa shape index (κ3) is 20.6. The number of ether oxygens (including phenoxy) is 2. The molecule has 0 aliphatic carbocycles. The minimum Gasteiger partial charge on any atom is -0.494 e. The van der Waals surface area contributed by atoms with E-state index in [-0.39, 0.29) is 6.61 Å². The van der Waals surface area contributed by atoms with Crippen molar-refractivity contribution in [1.29, 1.82) is 0 Å². The summed E-state index contributed by atoms with van der Waals surface area (Å²) in [5.41, 5.74) is 13.7. The molecule has 4 heteroatoms. The molecule has 0 aliphatic rings. The lowest BCUT2D eigenvalue weighted by atomic mass is 9.93. The fourth-order valence-corrected chi connectivity index (χ4v) is 9.77. The van der Waals surface area contributed by atoms with Gasteiger partial charge in [0.15, 0.2) is 0 Å². The summed E-state index contributed by atoms with van der Waals surface area (Å²) in [6.45, 7) is 6.43. The van der Waals surface area contributed by atoms with Gasteiger partial charge in [-0.1, -0.05) is 222 Å². The van der Waals surface area contributed by atoms with Crippen molar-refractivity contribution < 1.29 is 19.7 Å². The zero-order chi connectivity index (χ0) is 55.7. The van der Waals surface area contributed by atoms with Crippen LogP contribution in [-0.4, -0.2) is 36.6 Å². The smallest absolute Gasteiger partial charge is 0.119 e. The summed E-state index contributed by atoms with van der Waals surface area (Å²) in [4.78, 5) is 0. The first-order valence-electron chi connectivity index (χ1n) is 29.7. The number of fused-ring (bicyclic) bond motifs is 2. The molecular formula is C76H84O4. The van der Waals surface area contributed by atoms with Gasteiger partial charge >= 0.3 is 0 Å². The Morgan fingerprint density at radius 3 is 1.43 bits per heavy atom. The molecule has 412 valence electrons. The quantitative estimate of drug-likeness (QED) is 0.0292. The number of benzene rings is 8. The van der Waals surface area contributed by atoms with E-state index >= 15 is 0 Å². The predicted octanol–water partition coefficient (Wildman–Crippen LogP) is 18.3. The van der Waals surface area contributed by atoms with Crippen molar-refractivity contribution in [3.63, 3.8) is 0 Å². The van der Waals surface area contributed by atoms with Gasteiger partial charge in [-0.2, -0.15) is 0 Å². The molecule has 0 heterocycles. The molecule has 8 rings (SSSR count). The zero-order valence-corrected chi connectivity index (χ0v) is 47.7. The Morgan fingerprint density at radius 2 is 0.875 bits per heavy atom. The molecule has 0 bridgehead atoms. The van der Waals surface area contributed by atoms with Crippen molar-refractivity contribution in [2.24, 2.45) is 0 Å². The summed E-state index contributed by atoms with van der Waals surface area (Å²) in [5, 5.41) is 23.0. The summed E-state index contributed by atoms with van der Waals surface area (Å²) in [7, 11) is 0. The number of hydrogen-bond donors (Lipinski definition) is 2. The first kappa shape index (κ1) is 60.0. The molecule has 0 amide bonds. The molecule has 80 heavy (non-hydrogen) atoms. The summed E-state index contributed by atoms with van der Waals surface area (Å²) in [6, 6.07) is 61.0. The number of unbranched alkanes of at least 4 members (excludes halogenated alkanes) is 9. The molecule has 0 saturated heterocycles. The van der Waals surface area contributed by atoms with Crippen LogP contribution >= 0.6 is 0 Å². The van der Waals surface area contributed by atoms with Crippen LogP contribution in [-0.2, 0) is 36.8 Å². The van der Waals surface area contributed by atoms with Crippen LogP contribution in [0.4, 0.5) is 0 Å². The molecule has 0 radical (unpaired) electrons. The molecule has 0 aromatic heterocycles. The fourth-order valence-electron chi connectivity index (χ4n) is 9.77. The van der Waals surface area contributed by atoms with Crippen LogP contribution in [0.1, 0.15) is 159 Å². The van der Waals surface area contributed by atoms with E-state index in [1.165, 1.54) is 92.6 Å². The Kier molecular flexibility index (Phi) is 26.4. The maximum absolute atomic E-state index is 8.93. The molecule has 8 aromatic carbocycles. The van der Waals surface area contributed by atoms with Crippen LogP contribution in [0.5, 0.6) is 5.75 Å². The van der Waals surface area contributed by atoms with Gasteiger partial charge in [0.25, 0.3) is 0 Å². The summed E-state index contributed by atoms with van der Waals surface area (Å²) >= 11 is 0. The van der Waals surface area contributed by atoms with Crippen LogP contribution in [0, 0.1) is 23.9 Å². The van der Waals surface area contributed by atoms with Crippen LogP contribution in [0.2, 0.25) is 0 Å². The second-order valence-corrected chi connectivity index (χ2v) is 20.8. The van der Waals surface area contributed by atoms with Gasteiger partial charge in [-0.15, -0.1) is 0 Å². The zero-order valence-electron chi connectivity index (χ0n) is 47.7. The molecule has 0 spiro atoms.